The number of hydrogen-bond donors (Lipinski definition) is 1. The average molecular weight is 437 g/mol. The van der Waals surface area contributed by atoms with Gasteiger partial charge in [0.25, 0.3) is 0 Å². The van der Waals surface area contributed by atoms with E-state index in [0.717, 1.165) is 23.8 Å². The second-order valence-electron chi connectivity index (χ2n) is 8.98. The van der Waals surface area contributed by atoms with E-state index in [9.17, 15) is 0 Å². The van der Waals surface area contributed by atoms with Crippen molar-refractivity contribution >= 4 is 28.6 Å². The molecule has 5 nitrogen and oxygen atoms in total. The normalized spacial score (nSPS) is 22.2. The van der Waals surface area contributed by atoms with E-state index in [-0.39, 0.29) is 17.6 Å². The van der Waals surface area contributed by atoms with Gasteiger partial charge in [0.05, 0.1) is 23.3 Å². The number of benzene rings is 1. The maximum absolute atomic E-state index is 5.76. The van der Waals surface area contributed by atoms with Gasteiger partial charge in [0.1, 0.15) is 0 Å². The molecule has 1 aromatic heterocycles. The first-order chi connectivity index (χ1) is 14.8. The van der Waals surface area contributed by atoms with Crippen LogP contribution in [-0.2, 0) is 4.74 Å². The molecule has 1 aromatic carbocycles. The number of rotatable bonds is 6. The number of aromatic nitrogens is 1. The van der Waals surface area contributed by atoms with Crippen LogP contribution >= 0.6 is 12.2 Å². The number of nitrogens with zero attached hydrogens (tertiary/aromatic N) is 3. The Labute approximate surface area is 191 Å². The minimum absolute atomic E-state index is 0.00222. The predicted octanol–water partition coefficient (Wildman–Crippen LogP) is 4.72. The van der Waals surface area contributed by atoms with Gasteiger partial charge in [0.15, 0.2) is 5.11 Å². The Hall–Kier alpha value is -2.44. The summed E-state index contributed by atoms with van der Waals surface area (Å²) in [5.74, 6) is 0. The summed E-state index contributed by atoms with van der Waals surface area (Å²) in [7, 11) is 3.91. The summed E-state index contributed by atoms with van der Waals surface area (Å²) >= 11 is 5.76. The van der Waals surface area contributed by atoms with Crippen molar-refractivity contribution in [1.29, 1.82) is 0 Å². The van der Waals surface area contributed by atoms with E-state index >= 15 is 0 Å². The minimum atomic E-state index is -0.00222. The summed E-state index contributed by atoms with van der Waals surface area (Å²) in [6, 6.07) is 13.0. The van der Waals surface area contributed by atoms with Gasteiger partial charge >= 0.3 is 0 Å². The molecule has 6 heteroatoms. The number of hydrogen-bond acceptors (Lipinski definition) is 4. The Balaban J connectivity index is 1.76. The Morgan fingerprint density at radius 1 is 1.23 bits per heavy atom. The van der Waals surface area contributed by atoms with Gasteiger partial charge in [-0.15, -0.1) is 0 Å². The summed E-state index contributed by atoms with van der Waals surface area (Å²) in [5.41, 5.74) is 6.12. The Morgan fingerprint density at radius 3 is 2.74 bits per heavy atom. The van der Waals surface area contributed by atoms with Crippen LogP contribution in [0.5, 0.6) is 0 Å². The summed E-state index contributed by atoms with van der Waals surface area (Å²) < 4.78 is 5.29. The van der Waals surface area contributed by atoms with Gasteiger partial charge in [-0.2, -0.15) is 0 Å². The van der Waals surface area contributed by atoms with E-state index in [1.54, 1.807) is 7.11 Å². The molecule has 2 aliphatic heterocycles. The molecular formula is C25H32N4OS. The standard InChI is InChI=1S/C25H32N4OS/c1-17-16-25(2,3)28(4)21-11-10-18(15-19(17)21)23-22(20-9-6-7-12-26-20)27-24(31)29(23)13-8-14-30-5/h6-7,9-12,15-16,22-23H,8,13-14H2,1-5H3,(H,27,31)/t22-,23+/m1/s1. The van der Waals surface area contributed by atoms with Crippen LogP contribution in [0.25, 0.3) is 5.57 Å². The zero-order valence-corrected chi connectivity index (χ0v) is 19.9. The lowest BCUT2D eigenvalue weighted by Crippen LogP contribution is -2.42. The number of anilines is 1. The fraction of sp³-hybridized carbons (Fsp3) is 0.440. The molecule has 31 heavy (non-hydrogen) atoms. The van der Waals surface area contributed by atoms with Gasteiger partial charge < -0.3 is 19.9 Å². The van der Waals surface area contributed by atoms with Crippen molar-refractivity contribution in [2.75, 3.05) is 32.2 Å². The van der Waals surface area contributed by atoms with E-state index in [1.807, 2.05) is 18.3 Å². The van der Waals surface area contributed by atoms with Crippen molar-refractivity contribution in [3.63, 3.8) is 0 Å². The highest BCUT2D eigenvalue weighted by Crippen LogP contribution is 2.43. The van der Waals surface area contributed by atoms with Crippen LogP contribution in [-0.4, -0.2) is 47.8 Å². The monoisotopic (exact) mass is 436 g/mol. The lowest BCUT2D eigenvalue weighted by atomic mass is 9.86. The number of fused-ring (bicyclic) bond motifs is 1. The van der Waals surface area contributed by atoms with E-state index in [2.05, 4.69) is 78.3 Å². The smallest absolute Gasteiger partial charge is 0.170 e. The van der Waals surface area contributed by atoms with Gasteiger partial charge in [0.2, 0.25) is 0 Å². The third-order valence-electron chi connectivity index (χ3n) is 6.53. The summed E-state index contributed by atoms with van der Waals surface area (Å²) in [5, 5.41) is 4.32. The molecule has 0 radical (unpaired) electrons. The van der Waals surface area contributed by atoms with Crippen molar-refractivity contribution in [1.82, 2.24) is 15.2 Å². The molecule has 1 fully saturated rings. The lowest BCUT2D eigenvalue weighted by molar-refractivity contribution is 0.180. The molecule has 0 bridgehead atoms. The summed E-state index contributed by atoms with van der Waals surface area (Å²) in [6.07, 6.45) is 5.12. The maximum Gasteiger partial charge on any atom is 0.170 e. The maximum atomic E-state index is 5.76. The van der Waals surface area contributed by atoms with Gasteiger partial charge in [0, 0.05) is 44.8 Å². The Morgan fingerprint density at radius 2 is 2.03 bits per heavy atom. The number of pyridine rings is 1. The highest BCUT2D eigenvalue weighted by Gasteiger charge is 2.40. The van der Waals surface area contributed by atoms with E-state index in [0.29, 0.717) is 6.61 Å². The van der Waals surface area contributed by atoms with Crippen LogP contribution in [0.3, 0.4) is 0 Å². The highest BCUT2D eigenvalue weighted by atomic mass is 32.1. The highest BCUT2D eigenvalue weighted by molar-refractivity contribution is 7.80. The number of nitrogens with one attached hydrogen (secondary N) is 1. The molecule has 2 atom stereocenters. The minimum Gasteiger partial charge on any atom is -0.385 e. The number of likely N-dealkylation sites (N-methyl/N-ethyl adjacent to an activating group) is 1. The molecule has 0 spiro atoms. The van der Waals surface area contributed by atoms with Gasteiger partial charge in [-0.25, -0.2) is 0 Å². The zero-order valence-electron chi connectivity index (χ0n) is 19.1. The van der Waals surface area contributed by atoms with Crippen molar-refractivity contribution < 1.29 is 4.74 Å². The van der Waals surface area contributed by atoms with Crippen molar-refractivity contribution in [3.8, 4) is 0 Å². The van der Waals surface area contributed by atoms with Crippen LogP contribution < -0.4 is 10.2 Å². The quantitative estimate of drug-likeness (QED) is 0.522. The first kappa shape index (κ1) is 21.8. The molecule has 2 aromatic rings. The van der Waals surface area contributed by atoms with Gasteiger partial charge in [-0.05, 0) is 74.8 Å². The first-order valence-electron chi connectivity index (χ1n) is 10.9. The van der Waals surface area contributed by atoms with E-state index in [1.165, 1.54) is 22.4 Å². The third kappa shape index (κ3) is 4.06. The summed E-state index contributed by atoms with van der Waals surface area (Å²) in [6.45, 7) is 8.27. The van der Waals surface area contributed by atoms with Crippen molar-refractivity contribution in [2.45, 2.75) is 44.8 Å². The second-order valence-corrected chi connectivity index (χ2v) is 9.37. The number of ether oxygens (including phenoxy) is 1. The molecule has 0 saturated carbocycles. The largest absolute Gasteiger partial charge is 0.385 e. The fourth-order valence-electron chi connectivity index (χ4n) is 4.75. The first-order valence-corrected chi connectivity index (χ1v) is 11.3. The molecule has 0 amide bonds. The lowest BCUT2D eigenvalue weighted by Gasteiger charge is -2.41. The SMILES string of the molecule is COCCCN1C(=S)N[C@H](c2ccccn2)[C@@H]1c1ccc2c(c1)C(C)=CC(C)(C)N2C. The molecule has 2 aliphatic rings. The Kier molecular flexibility index (Phi) is 6.04. The Bertz CT molecular complexity index is 988. The molecule has 0 unspecified atom stereocenters. The van der Waals surface area contributed by atoms with Gasteiger partial charge in [-0.1, -0.05) is 18.2 Å². The fourth-order valence-corrected chi connectivity index (χ4v) is 5.08. The van der Waals surface area contributed by atoms with Crippen molar-refractivity contribution in [2.24, 2.45) is 0 Å². The van der Waals surface area contributed by atoms with E-state index in [4.69, 9.17) is 17.0 Å². The van der Waals surface area contributed by atoms with Crippen LogP contribution in [0.1, 0.15) is 56.1 Å². The van der Waals surface area contributed by atoms with Crippen LogP contribution in [0.4, 0.5) is 5.69 Å². The molecule has 3 heterocycles. The average Bonchev–Trinajstić information content (AvgIpc) is 3.09. The van der Waals surface area contributed by atoms with Gasteiger partial charge in [-0.3, -0.25) is 4.98 Å². The molecule has 164 valence electrons. The molecule has 4 rings (SSSR count). The second kappa shape index (κ2) is 8.60. The third-order valence-corrected chi connectivity index (χ3v) is 6.88. The summed E-state index contributed by atoms with van der Waals surface area (Å²) in [4.78, 5) is 9.29. The van der Waals surface area contributed by atoms with Crippen molar-refractivity contribution in [3.05, 3.63) is 65.5 Å². The predicted molar refractivity (Wildman–Crippen MR) is 131 cm³/mol. The number of allylic oxidation sites excluding steroid dienone is 1. The van der Waals surface area contributed by atoms with Crippen LogP contribution in [0, 0.1) is 0 Å². The van der Waals surface area contributed by atoms with Crippen LogP contribution in [0.2, 0.25) is 0 Å². The topological polar surface area (TPSA) is 40.6 Å². The molecule has 1 saturated heterocycles. The molecule has 1 N–H and O–H groups in total. The number of methoxy groups -OCH3 is 1. The molecule has 0 aliphatic carbocycles. The zero-order chi connectivity index (χ0) is 22.2. The van der Waals surface area contributed by atoms with Crippen LogP contribution in [0.15, 0.2) is 48.7 Å². The molecular weight excluding hydrogens is 404 g/mol. The van der Waals surface area contributed by atoms with E-state index < -0.39 is 0 Å². The number of thiocarbonyl (C=S) groups is 1.